The quantitative estimate of drug-likeness (QED) is 0.0636. The van der Waals surface area contributed by atoms with E-state index in [2.05, 4.69) is 6.58 Å². The monoisotopic (exact) mass is 594 g/mol. The fourth-order valence-corrected chi connectivity index (χ4v) is 4.37. The van der Waals surface area contributed by atoms with E-state index in [0.29, 0.717) is 60.2 Å². The second-order valence-corrected chi connectivity index (χ2v) is 10.4. The second-order valence-electron chi connectivity index (χ2n) is 10.4. The third-order valence-corrected chi connectivity index (χ3v) is 6.95. The lowest BCUT2D eigenvalue weighted by Crippen LogP contribution is -2.23. The highest BCUT2D eigenvalue weighted by Gasteiger charge is 2.40. The molecule has 0 aliphatic carbocycles. The van der Waals surface area contributed by atoms with Crippen LogP contribution >= 0.6 is 0 Å². The highest BCUT2D eigenvalue weighted by atomic mass is 16.6. The minimum absolute atomic E-state index is 0.249. The van der Waals surface area contributed by atoms with Gasteiger partial charge in [-0.25, -0.2) is 9.59 Å². The van der Waals surface area contributed by atoms with Crippen molar-refractivity contribution in [2.45, 2.75) is 24.7 Å². The summed E-state index contributed by atoms with van der Waals surface area (Å²) < 4.78 is 34.0. The van der Waals surface area contributed by atoms with E-state index in [4.69, 9.17) is 28.4 Å². The Hall–Kier alpha value is -5.08. The van der Waals surface area contributed by atoms with Crippen LogP contribution in [0.15, 0.2) is 122 Å². The SMILES string of the molecule is C=COCCOc1ccc(C(=O)OC(c2ccccc2)C(OC(=O)c2ccc(OCC3(C)CO3)cc2)c2ccccc2)cc1. The van der Waals surface area contributed by atoms with E-state index >= 15 is 0 Å². The van der Waals surface area contributed by atoms with Crippen LogP contribution < -0.4 is 9.47 Å². The van der Waals surface area contributed by atoms with Gasteiger partial charge in [0.2, 0.25) is 0 Å². The van der Waals surface area contributed by atoms with Gasteiger partial charge in [0.25, 0.3) is 0 Å². The van der Waals surface area contributed by atoms with Gasteiger partial charge in [0.1, 0.15) is 36.9 Å². The van der Waals surface area contributed by atoms with Crippen LogP contribution in [0.5, 0.6) is 11.5 Å². The standard InChI is InChI=1S/C36H34O8/c1-3-39-22-23-40-30-18-14-28(15-19-30)34(37)43-32(26-10-6-4-7-11-26)33(27-12-8-5-9-13-27)44-35(38)29-16-20-31(21-17-29)41-24-36(2)25-42-36/h3-21,32-33H,1,22-25H2,2H3. The highest BCUT2D eigenvalue weighted by molar-refractivity contribution is 5.90. The van der Waals surface area contributed by atoms with E-state index in [-0.39, 0.29) is 5.60 Å². The molecule has 1 heterocycles. The lowest BCUT2D eigenvalue weighted by molar-refractivity contribution is -0.0388. The molecule has 3 unspecified atom stereocenters. The summed E-state index contributed by atoms with van der Waals surface area (Å²) in [5.74, 6) is 0.0564. The highest BCUT2D eigenvalue weighted by Crippen LogP contribution is 2.37. The molecule has 5 rings (SSSR count). The largest absolute Gasteiger partial charge is 0.498 e. The smallest absolute Gasteiger partial charge is 0.338 e. The van der Waals surface area contributed by atoms with Crippen LogP contribution in [-0.4, -0.2) is 44.0 Å². The second kappa shape index (κ2) is 14.4. The van der Waals surface area contributed by atoms with Crippen LogP contribution in [0.4, 0.5) is 0 Å². The summed E-state index contributed by atoms with van der Waals surface area (Å²) in [5.41, 5.74) is 1.75. The lowest BCUT2D eigenvalue weighted by atomic mass is 9.97. The topological polar surface area (TPSA) is 92.8 Å². The maximum absolute atomic E-state index is 13.5. The molecular formula is C36H34O8. The fourth-order valence-electron chi connectivity index (χ4n) is 4.37. The van der Waals surface area contributed by atoms with E-state index in [1.165, 1.54) is 6.26 Å². The molecule has 1 aliphatic heterocycles. The minimum atomic E-state index is -0.941. The van der Waals surface area contributed by atoms with Crippen LogP contribution in [0, 0.1) is 0 Å². The molecule has 1 saturated heterocycles. The molecule has 1 fully saturated rings. The maximum Gasteiger partial charge on any atom is 0.338 e. The predicted octanol–water partition coefficient (Wildman–Crippen LogP) is 6.89. The average molecular weight is 595 g/mol. The number of benzene rings is 4. The number of carbonyl (C=O) groups is 2. The van der Waals surface area contributed by atoms with Crippen molar-refractivity contribution in [2.24, 2.45) is 0 Å². The summed E-state index contributed by atoms with van der Waals surface area (Å²) in [7, 11) is 0. The van der Waals surface area contributed by atoms with Crippen molar-refractivity contribution in [3.05, 3.63) is 144 Å². The third kappa shape index (κ3) is 8.26. The van der Waals surface area contributed by atoms with Gasteiger partial charge in [-0.15, -0.1) is 0 Å². The van der Waals surface area contributed by atoms with Crippen molar-refractivity contribution < 1.29 is 38.0 Å². The molecule has 0 aromatic heterocycles. The first kappa shape index (κ1) is 30.4. The zero-order valence-corrected chi connectivity index (χ0v) is 24.4. The summed E-state index contributed by atoms with van der Waals surface area (Å²) in [6, 6.07) is 31.8. The molecule has 226 valence electrons. The number of carbonyl (C=O) groups excluding carboxylic acids is 2. The molecule has 4 aromatic rings. The molecule has 0 N–H and O–H groups in total. The van der Waals surface area contributed by atoms with Crippen molar-refractivity contribution in [1.29, 1.82) is 0 Å². The van der Waals surface area contributed by atoms with Gasteiger partial charge in [-0.2, -0.15) is 0 Å². The van der Waals surface area contributed by atoms with E-state index < -0.39 is 24.1 Å². The number of hydrogen-bond acceptors (Lipinski definition) is 8. The first-order valence-electron chi connectivity index (χ1n) is 14.3. The molecule has 0 amide bonds. The molecule has 0 radical (unpaired) electrons. The molecule has 0 bridgehead atoms. The Kier molecular flexibility index (Phi) is 9.94. The van der Waals surface area contributed by atoms with E-state index in [1.807, 2.05) is 67.6 Å². The van der Waals surface area contributed by atoms with Crippen molar-refractivity contribution >= 4 is 11.9 Å². The molecule has 44 heavy (non-hydrogen) atoms. The van der Waals surface area contributed by atoms with Crippen molar-refractivity contribution in [2.75, 3.05) is 26.4 Å². The van der Waals surface area contributed by atoms with E-state index in [1.54, 1.807) is 48.5 Å². The van der Waals surface area contributed by atoms with Crippen molar-refractivity contribution in [3.8, 4) is 11.5 Å². The number of esters is 2. The summed E-state index contributed by atoms with van der Waals surface area (Å²) >= 11 is 0. The molecular weight excluding hydrogens is 560 g/mol. The van der Waals surface area contributed by atoms with Gasteiger partial charge in [-0.1, -0.05) is 67.2 Å². The molecule has 3 atom stereocenters. The first-order chi connectivity index (χ1) is 21.4. The Labute approximate surface area is 256 Å². The Bertz CT molecular complexity index is 1510. The molecule has 1 aliphatic rings. The molecule has 4 aromatic carbocycles. The Morgan fingerprint density at radius 1 is 0.727 bits per heavy atom. The summed E-state index contributed by atoms with van der Waals surface area (Å²) in [4.78, 5) is 26.9. The Morgan fingerprint density at radius 3 is 1.61 bits per heavy atom. The first-order valence-corrected chi connectivity index (χ1v) is 14.3. The molecule has 0 saturated carbocycles. The minimum Gasteiger partial charge on any atom is -0.498 e. The van der Waals surface area contributed by atoms with Crippen molar-refractivity contribution in [1.82, 2.24) is 0 Å². The van der Waals surface area contributed by atoms with Crippen LogP contribution in [0.3, 0.4) is 0 Å². The van der Waals surface area contributed by atoms with E-state index in [9.17, 15) is 9.59 Å². The van der Waals surface area contributed by atoms with Gasteiger partial charge in [0.15, 0.2) is 12.2 Å². The fraction of sp³-hybridized carbons (Fsp3) is 0.222. The Balaban J connectivity index is 1.35. The lowest BCUT2D eigenvalue weighted by Gasteiger charge is -2.28. The van der Waals surface area contributed by atoms with Crippen LogP contribution in [-0.2, 0) is 18.9 Å². The molecule has 0 spiro atoms. The van der Waals surface area contributed by atoms with Gasteiger partial charge in [-0.05, 0) is 66.6 Å². The number of hydrogen-bond donors (Lipinski definition) is 0. The number of ether oxygens (including phenoxy) is 6. The molecule has 8 nitrogen and oxygen atoms in total. The summed E-state index contributed by atoms with van der Waals surface area (Å²) in [5, 5.41) is 0. The summed E-state index contributed by atoms with van der Waals surface area (Å²) in [6.07, 6.45) is -0.530. The normalized spacial score (nSPS) is 16.6. The zero-order valence-electron chi connectivity index (χ0n) is 24.4. The summed E-state index contributed by atoms with van der Waals surface area (Å²) in [6.45, 7) is 7.26. The predicted molar refractivity (Wildman–Crippen MR) is 164 cm³/mol. The van der Waals surface area contributed by atoms with Gasteiger partial charge >= 0.3 is 11.9 Å². The zero-order chi connectivity index (χ0) is 30.8. The van der Waals surface area contributed by atoms with Crippen LogP contribution in [0.2, 0.25) is 0 Å². The van der Waals surface area contributed by atoms with Crippen molar-refractivity contribution in [3.63, 3.8) is 0 Å². The number of epoxide rings is 1. The van der Waals surface area contributed by atoms with Gasteiger partial charge in [0.05, 0.1) is 24.0 Å². The number of rotatable bonds is 15. The van der Waals surface area contributed by atoms with Gasteiger partial charge in [-0.3, -0.25) is 0 Å². The van der Waals surface area contributed by atoms with Gasteiger partial charge < -0.3 is 28.4 Å². The van der Waals surface area contributed by atoms with Crippen LogP contribution in [0.25, 0.3) is 0 Å². The van der Waals surface area contributed by atoms with Gasteiger partial charge in [0, 0.05) is 0 Å². The average Bonchev–Trinajstić information content (AvgIpc) is 3.82. The van der Waals surface area contributed by atoms with Crippen LogP contribution in [0.1, 0.15) is 51.0 Å². The third-order valence-electron chi connectivity index (χ3n) is 6.95. The molecule has 8 heteroatoms. The maximum atomic E-state index is 13.5. The Morgan fingerprint density at radius 2 is 1.18 bits per heavy atom. The van der Waals surface area contributed by atoms with E-state index in [0.717, 1.165) is 0 Å².